The lowest BCUT2D eigenvalue weighted by Gasteiger charge is -2.37. The quantitative estimate of drug-likeness (QED) is 0.386. The first-order valence-corrected chi connectivity index (χ1v) is 9.25. The van der Waals surface area contributed by atoms with Crippen LogP contribution in [0.25, 0.3) is 0 Å². The summed E-state index contributed by atoms with van der Waals surface area (Å²) >= 11 is 0. The maximum atomic E-state index is 11.6. The first-order valence-electron chi connectivity index (χ1n) is 9.25. The third kappa shape index (κ3) is 8.77. The molecular formula is C19H40NO2+. The fourth-order valence-electron chi connectivity index (χ4n) is 3.44. The van der Waals surface area contributed by atoms with Gasteiger partial charge in [-0.25, -0.2) is 4.79 Å². The maximum absolute atomic E-state index is 11.6. The van der Waals surface area contributed by atoms with Crippen molar-refractivity contribution in [3.8, 4) is 0 Å². The molecule has 0 amide bonds. The van der Waals surface area contributed by atoms with Crippen molar-refractivity contribution in [3.63, 3.8) is 0 Å². The smallest absolute Gasteiger partial charge is 0.362 e. The molecule has 0 saturated heterocycles. The van der Waals surface area contributed by atoms with Crippen LogP contribution >= 0.6 is 0 Å². The second-order valence-corrected chi connectivity index (χ2v) is 8.00. The largest absolute Gasteiger partial charge is 0.477 e. The van der Waals surface area contributed by atoms with Crippen LogP contribution in [-0.4, -0.2) is 42.7 Å². The molecule has 0 aliphatic heterocycles. The highest BCUT2D eigenvalue weighted by Gasteiger charge is 2.38. The molecule has 0 spiro atoms. The summed E-state index contributed by atoms with van der Waals surface area (Å²) in [7, 11) is 5.95. The normalized spacial score (nSPS) is 16.3. The molecule has 0 radical (unpaired) electrons. The Morgan fingerprint density at radius 3 is 1.77 bits per heavy atom. The molecule has 0 heterocycles. The summed E-state index contributed by atoms with van der Waals surface area (Å²) in [4.78, 5) is 11.6. The summed E-state index contributed by atoms with van der Waals surface area (Å²) in [5.74, 6) is 0.0170. The third-order valence-electron chi connectivity index (χ3n) is 5.00. The Hall–Kier alpha value is -0.570. The zero-order valence-corrected chi connectivity index (χ0v) is 15.9. The van der Waals surface area contributed by atoms with Crippen molar-refractivity contribution in [2.24, 2.45) is 11.8 Å². The van der Waals surface area contributed by atoms with E-state index in [1.807, 2.05) is 21.1 Å². The van der Waals surface area contributed by atoms with Crippen LogP contribution in [0.2, 0.25) is 0 Å². The van der Waals surface area contributed by atoms with Crippen LogP contribution in [0, 0.1) is 11.8 Å². The lowest BCUT2D eigenvalue weighted by Crippen LogP contribution is -2.54. The van der Waals surface area contributed by atoms with Gasteiger partial charge in [0.1, 0.15) is 0 Å². The summed E-state index contributed by atoms with van der Waals surface area (Å²) in [6.45, 7) is 6.58. The molecule has 0 aromatic rings. The molecule has 0 saturated carbocycles. The average Bonchev–Trinajstić information content (AvgIpc) is 2.39. The molecule has 0 fully saturated rings. The molecule has 22 heavy (non-hydrogen) atoms. The van der Waals surface area contributed by atoms with Crippen LogP contribution in [0.5, 0.6) is 0 Å². The molecule has 0 aliphatic carbocycles. The van der Waals surface area contributed by atoms with Gasteiger partial charge in [-0.1, -0.05) is 78.6 Å². The van der Waals surface area contributed by atoms with Crippen molar-refractivity contribution in [3.05, 3.63) is 0 Å². The number of hydrogen-bond donors (Lipinski definition) is 1. The molecule has 0 aromatic carbocycles. The van der Waals surface area contributed by atoms with Crippen molar-refractivity contribution in [1.82, 2.24) is 0 Å². The van der Waals surface area contributed by atoms with Gasteiger partial charge in [0.25, 0.3) is 0 Å². The predicted molar refractivity (Wildman–Crippen MR) is 95.0 cm³/mol. The van der Waals surface area contributed by atoms with E-state index in [0.29, 0.717) is 10.4 Å². The summed E-state index contributed by atoms with van der Waals surface area (Å²) in [6, 6.07) is -0.316. The number of carbonyl (C=O) groups is 1. The number of hydrogen-bond acceptors (Lipinski definition) is 1. The lowest BCUT2D eigenvalue weighted by molar-refractivity contribution is -0.891. The maximum Gasteiger partial charge on any atom is 0.362 e. The fourth-order valence-corrected chi connectivity index (χ4v) is 3.44. The minimum Gasteiger partial charge on any atom is -0.477 e. The van der Waals surface area contributed by atoms with Gasteiger partial charge >= 0.3 is 5.97 Å². The van der Waals surface area contributed by atoms with Crippen LogP contribution in [-0.2, 0) is 4.79 Å². The van der Waals surface area contributed by atoms with E-state index in [4.69, 9.17) is 0 Å². The Labute approximate surface area is 138 Å². The second kappa shape index (κ2) is 11.0. The third-order valence-corrected chi connectivity index (χ3v) is 5.00. The van der Waals surface area contributed by atoms with Crippen LogP contribution in [0.3, 0.4) is 0 Å². The van der Waals surface area contributed by atoms with Gasteiger partial charge in [-0.15, -0.1) is 0 Å². The summed E-state index contributed by atoms with van der Waals surface area (Å²) < 4.78 is 0.498. The van der Waals surface area contributed by atoms with Gasteiger partial charge in [-0.3, -0.25) is 0 Å². The van der Waals surface area contributed by atoms with E-state index in [-0.39, 0.29) is 12.0 Å². The van der Waals surface area contributed by atoms with E-state index in [2.05, 4.69) is 20.8 Å². The molecule has 0 aliphatic rings. The van der Waals surface area contributed by atoms with Crippen LogP contribution in [0.1, 0.15) is 78.6 Å². The number of quaternary nitrogens is 1. The molecule has 0 rings (SSSR count). The molecule has 3 heteroatoms. The minimum absolute atomic E-state index is 0.210. The van der Waals surface area contributed by atoms with Gasteiger partial charge in [0.05, 0.1) is 21.1 Å². The first-order chi connectivity index (χ1) is 10.2. The molecule has 3 atom stereocenters. The SMILES string of the molecule is CCCCCCCCCCC(C)C(C)C(C(=O)O)[N+](C)(C)C. The molecule has 1 N–H and O–H groups in total. The highest BCUT2D eigenvalue weighted by atomic mass is 16.4. The van der Waals surface area contributed by atoms with E-state index < -0.39 is 5.97 Å². The summed E-state index contributed by atoms with van der Waals surface area (Å²) in [5.41, 5.74) is 0. The van der Waals surface area contributed by atoms with Crippen molar-refractivity contribution in [2.45, 2.75) is 84.6 Å². The summed E-state index contributed by atoms with van der Waals surface area (Å²) in [5, 5.41) is 9.52. The van der Waals surface area contributed by atoms with Crippen LogP contribution in [0.4, 0.5) is 0 Å². The van der Waals surface area contributed by atoms with Crippen molar-refractivity contribution in [2.75, 3.05) is 21.1 Å². The Bertz CT molecular complexity index is 296. The number of carboxylic acid groups (broad SMARTS) is 1. The number of unbranched alkanes of at least 4 members (excludes halogenated alkanes) is 7. The second-order valence-electron chi connectivity index (χ2n) is 8.00. The van der Waals surface area contributed by atoms with E-state index in [1.54, 1.807) is 0 Å². The minimum atomic E-state index is -0.664. The van der Waals surface area contributed by atoms with E-state index in [0.717, 1.165) is 6.42 Å². The number of nitrogens with zero attached hydrogens (tertiary/aromatic N) is 1. The molecule has 132 valence electrons. The predicted octanol–water partition coefficient (Wildman–Crippen LogP) is 4.95. The molecule has 3 nitrogen and oxygen atoms in total. The highest BCUT2D eigenvalue weighted by molar-refractivity contribution is 5.72. The van der Waals surface area contributed by atoms with E-state index in [1.165, 1.54) is 51.4 Å². The Morgan fingerprint density at radius 2 is 1.36 bits per heavy atom. The zero-order valence-electron chi connectivity index (χ0n) is 15.9. The van der Waals surface area contributed by atoms with E-state index in [9.17, 15) is 9.90 Å². The lowest BCUT2D eigenvalue weighted by atomic mass is 9.84. The fraction of sp³-hybridized carbons (Fsp3) is 0.947. The van der Waals surface area contributed by atoms with Gasteiger partial charge in [0, 0.05) is 5.92 Å². The van der Waals surface area contributed by atoms with Crippen molar-refractivity contribution >= 4 is 5.97 Å². The van der Waals surface area contributed by atoms with E-state index >= 15 is 0 Å². The molecular weight excluding hydrogens is 274 g/mol. The van der Waals surface area contributed by atoms with Crippen molar-refractivity contribution in [1.29, 1.82) is 0 Å². The van der Waals surface area contributed by atoms with Crippen LogP contribution in [0.15, 0.2) is 0 Å². The monoisotopic (exact) mass is 314 g/mol. The Morgan fingerprint density at radius 1 is 0.909 bits per heavy atom. The van der Waals surface area contributed by atoms with Gasteiger partial charge in [-0.05, 0) is 5.92 Å². The van der Waals surface area contributed by atoms with Gasteiger partial charge in [0.2, 0.25) is 0 Å². The highest BCUT2D eigenvalue weighted by Crippen LogP contribution is 2.26. The zero-order chi connectivity index (χ0) is 17.2. The van der Waals surface area contributed by atoms with Crippen molar-refractivity contribution < 1.29 is 14.4 Å². The Kier molecular flexibility index (Phi) is 10.8. The summed E-state index contributed by atoms with van der Waals surface area (Å²) in [6.07, 6.45) is 11.8. The first kappa shape index (κ1) is 21.4. The van der Waals surface area contributed by atoms with Crippen LogP contribution < -0.4 is 0 Å². The molecule has 3 unspecified atom stereocenters. The topological polar surface area (TPSA) is 37.3 Å². The molecule has 0 bridgehead atoms. The van der Waals surface area contributed by atoms with Gasteiger partial charge < -0.3 is 9.59 Å². The standard InChI is InChI=1S/C19H39NO2/c1-7-8-9-10-11-12-13-14-15-16(2)17(3)18(19(21)22)20(4,5)6/h16-18H,7-15H2,1-6H3/p+1. The van der Waals surface area contributed by atoms with Gasteiger partial charge in [-0.2, -0.15) is 0 Å². The molecule has 0 aromatic heterocycles. The Balaban J connectivity index is 4.00. The number of likely N-dealkylation sites (N-methyl/N-ethyl adjacent to an activating group) is 1. The number of rotatable bonds is 13. The average molecular weight is 315 g/mol. The number of carboxylic acids is 1. The number of aliphatic carboxylic acids is 1. The van der Waals surface area contributed by atoms with Gasteiger partial charge in [0.15, 0.2) is 6.04 Å².